The van der Waals surface area contributed by atoms with Crippen LogP contribution in [0.4, 0.5) is 26.3 Å². The minimum absolute atomic E-state index is 0.0375. The molecular weight excluding hydrogens is 803 g/mol. The van der Waals surface area contributed by atoms with Gasteiger partial charge in [0.2, 0.25) is 11.8 Å². The van der Waals surface area contributed by atoms with Crippen LogP contribution >= 0.6 is 11.3 Å². The number of rotatable bonds is 10. The van der Waals surface area contributed by atoms with Crippen LogP contribution < -0.4 is 4.74 Å². The van der Waals surface area contributed by atoms with Crippen LogP contribution in [0, 0.1) is 22.7 Å². The molecule has 59 heavy (non-hydrogen) atoms. The van der Waals surface area contributed by atoms with Crippen LogP contribution in [0.25, 0.3) is 0 Å². The number of pyridine rings is 1. The number of nitrogens with zero attached hydrogens (tertiary/aromatic N) is 4. The summed E-state index contributed by atoms with van der Waals surface area (Å²) in [4.78, 5) is 43.9. The van der Waals surface area contributed by atoms with Gasteiger partial charge < -0.3 is 24.7 Å². The number of piperidine rings is 2. The summed E-state index contributed by atoms with van der Waals surface area (Å²) in [5.74, 6) is -0.407. The van der Waals surface area contributed by atoms with Crippen molar-refractivity contribution in [3.63, 3.8) is 0 Å². The lowest BCUT2D eigenvalue weighted by Crippen LogP contribution is -2.55. The van der Waals surface area contributed by atoms with Gasteiger partial charge in [0, 0.05) is 62.0 Å². The second-order valence-electron chi connectivity index (χ2n) is 15.1. The van der Waals surface area contributed by atoms with Gasteiger partial charge in [-0.3, -0.25) is 19.4 Å². The number of carboxylic acid groups (broad SMARTS) is 1. The van der Waals surface area contributed by atoms with Crippen molar-refractivity contribution in [1.82, 2.24) is 14.8 Å². The minimum atomic E-state index is -4.33. The largest absolute Gasteiger partial charge is 0.507 e. The topological polar surface area (TPSA) is 144 Å². The Hall–Kier alpha value is -4.85. The molecule has 0 bridgehead atoms. The number of alkyl halides is 6. The number of thiophene rings is 1. The molecule has 2 unspecified atom stereocenters. The van der Waals surface area contributed by atoms with Crippen molar-refractivity contribution >= 4 is 29.1 Å². The van der Waals surface area contributed by atoms with E-state index >= 15 is 0 Å². The zero-order valence-corrected chi connectivity index (χ0v) is 33.8. The van der Waals surface area contributed by atoms with Crippen molar-refractivity contribution in [1.29, 1.82) is 5.26 Å². The van der Waals surface area contributed by atoms with Crippen LogP contribution in [-0.4, -0.2) is 75.1 Å². The fraction of sp³-hybridized carbons (Fsp3) is 0.548. The molecule has 10 nitrogen and oxygen atoms in total. The van der Waals surface area contributed by atoms with Crippen molar-refractivity contribution in [3.8, 4) is 17.6 Å². The number of aromatic nitrogens is 1. The molecule has 2 atom stereocenters. The lowest BCUT2D eigenvalue weighted by atomic mass is 9.66. The molecule has 4 heterocycles. The van der Waals surface area contributed by atoms with E-state index in [-0.39, 0.29) is 29.5 Å². The van der Waals surface area contributed by atoms with E-state index in [1.807, 2.05) is 34.1 Å². The lowest BCUT2D eigenvalue weighted by Gasteiger charge is -2.44. The van der Waals surface area contributed by atoms with Crippen LogP contribution in [0.15, 0.2) is 60.2 Å². The van der Waals surface area contributed by atoms with Gasteiger partial charge in [-0.05, 0) is 76.0 Å². The van der Waals surface area contributed by atoms with Crippen LogP contribution in [0.5, 0.6) is 11.5 Å². The summed E-state index contributed by atoms with van der Waals surface area (Å²) < 4.78 is 76.5. The molecular formula is C42H50F6N4O6S. The third kappa shape index (κ3) is 12.1. The maximum absolute atomic E-state index is 13.7. The quantitative estimate of drug-likeness (QED) is 0.152. The number of hydrogen-bond acceptors (Lipinski definition) is 8. The number of para-hydroxylation sites is 1. The molecule has 3 aromatic rings. The van der Waals surface area contributed by atoms with E-state index in [2.05, 4.69) is 18.0 Å². The third-order valence-corrected chi connectivity index (χ3v) is 12.3. The van der Waals surface area contributed by atoms with Crippen LogP contribution in [-0.2, 0) is 32.2 Å². The molecule has 1 saturated carbocycles. The summed E-state index contributed by atoms with van der Waals surface area (Å²) in [6.07, 6.45) is 1.62. The first-order valence-electron chi connectivity index (χ1n) is 19.6. The van der Waals surface area contributed by atoms with Gasteiger partial charge in [0.15, 0.2) is 0 Å². The van der Waals surface area contributed by atoms with E-state index in [1.54, 1.807) is 6.92 Å². The summed E-state index contributed by atoms with van der Waals surface area (Å²) in [5, 5.41) is 29.5. The highest BCUT2D eigenvalue weighted by Gasteiger charge is 2.45. The number of halogens is 6. The van der Waals surface area contributed by atoms with Crippen LogP contribution in [0.1, 0.15) is 100 Å². The predicted octanol–water partition coefficient (Wildman–Crippen LogP) is 9.48. The summed E-state index contributed by atoms with van der Waals surface area (Å²) in [6.45, 7) is 5.80. The molecule has 2 aliphatic heterocycles. The smallest absolute Gasteiger partial charge is 0.425 e. The average Bonchev–Trinajstić information content (AvgIpc) is 3.65. The molecule has 3 fully saturated rings. The van der Waals surface area contributed by atoms with Crippen LogP contribution in [0.3, 0.4) is 0 Å². The summed E-state index contributed by atoms with van der Waals surface area (Å²) in [7, 11) is 0. The van der Waals surface area contributed by atoms with Crippen molar-refractivity contribution in [3.05, 3.63) is 76.2 Å². The van der Waals surface area contributed by atoms with Crippen molar-refractivity contribution in [2.45, 2.75) is 108 Å². The molecule has 3 aliphatic rings. The van der Waals surface area contributed by atoms with Gasteiger partial charge >= 0.3 is 18.3 Å². The third-order valence-electron chi connectivity index (χ3n) is 11.3. The molecule has 322 valence electrons. The number of ether oxygens (including phenoxy) is 1. The molecule has 1 aromatic carbocycles. The Morgan fingerprint density at radius 3 is 2.17 bits per heavy atom. The SMILES string of the molecule is CCCC1C(C(=O)N2CCC(C#N)(c3ccccc3OCCCC3(C(=O)O)CCC3)CC2)CCCN1C(C)=O.FC(F)(F)c1cccnc1.Oc1csc(C(F)(F)F)c1. The average molecular weight is 853 g/mol. The second kappa shape index (κ2) is 20.4. The Morgan fingerprint density at radius 2 is 1.69 bits per heavy atom. The fourth-order valence-corrected chi connectivity index (χ4v) is 8.57. The molecule has 2 aromatic heterocycles. The zero-order valence-electron chi connectivity index (χ0n) is 33.0. The van der Waals surface area contributed by atoms with Crippen molar-refractivity contribution in [2.75, 3.05) is 26.2 Å². The molecule has 6 rings (SSSR count). The number of carboxylic acids is 1. The first-order valence-corrected chi connectivity index (χ1v) is 20.5. The van der Waals surface area contributed by atoms with E-state index in [9.17, 15) is 51.1 Å². The Bertz CT molecular complexity index is 1890. The number of benzene rings is 1. The highest BCUT2D eigenvalue weighted by atomic mass is 32.1. The number of carbonyl (C=O) groups is 3. The van der Waals surface area contributed by atoms with Crippen molar-refractivity contribution in [2.24, 2.45) is 11.3 Å². The molecule has 1 aliphatic carbocycles. The first kappa shape index (κ1) is 46.8. The molecule has 0 radical (unpaired) electrons. The maximum Gasteiger partial charge on any atom is 0.425 e. The van der Waals surface area contributed by atoms with E-state index in [0.717, 1.165) is 74.7 Å². The van der Waals surface area contributed by atoms with Gasteiger partial charge in [-0.25, -0.2) is 0 Å². The number of carbonyl (C=O) groups excluding carboxylic acids is 2. The normalized spacial score (nSPS) is 19.7. The molecule has 0 spiro atoms. The summed E-state index contributed by atoms with van der Waals surface area (Å²) in [6, 6.07) is 13.1. The van der Waals surface area contributed by atoms with Gasteiger partial charge in [0.1, 0.15) is 16.4 Å². The van der Waals surface area contributed by atoms with Gasteiger partial charge in [0.25, 0.3) is 0 Å². The Morgan fingerprint density at radius 1 is 1.00 bits per heavy atom. The van der Waals surface area contributed by atoms with Gasteiger partial charge in [0.05, 0.1) is 35.0 Å². The summed E-state index contributed by atoms with van der Waals surface area (Å²) in [5.41, 5.74) is -1.20. The Kier molecular flexibility index (Phi) is 16.2. The minimum Gasteiger partial charge on any atom is -0.507 e. The summed E-state index contributed by atoms with van der Waals surface area (Å²) >= 11 is 0.481. The molecule has 2 saturated heterocycles. The maximum atomic E-state index is 13.7. The van der Waals surface area contributed by atoms with E-state index in [1.165, 1.54) is 12.3 Å². The highest BCUT2D eigenvalue weighted by molar-refractivity contribution is 7.10. The number of amides is 2. The Labute approximate surface area is 343 Å². The lowest BCUT2D eigenvalue weighted by molar-refractivity contribution is -0.155. The number of aromatic hydroxyl groups is 1. The van der Waals surface area contributed by atoms with Crippen molar-refractivity contribution < 1.29 is 55.7 Å². The van der Waals surface area contributed by atoms with Crippen LogP contribution in [0.2, 0.25) is 0 Å². The van der Waals surface area contributed by atoms with E-state index in [0.29, 0.717) is 68.5 Å². The molecule has 2 N–H and O–H groups in total. The van der Waals surface area contributed by atoms with E-state index < -0.39 is 39.6 Å². The van der Waals surface area contributed by atoms with E-state index in [4.69, 9.17) is 9.84 Å². The molecule has 17 heteroatoms. The highest BCUT2D eigenvalue weighted by Crippen LogP contribution is 2.45. The standard InChI is InChI=1S/C31H43N3O5.C6H4F3N.C5H3F3OS/c1-3-9-26-24(10-6-18-34(26)23(2)35)28(36)33-19-16-31(22-32,17-20-33)25-11-4-5-12-27(25)39-21-8-15-30(29(37)38)13-7-14-30;7-6(8,9)5-2-1-3-10-4-5;6-5(7,8)4-1-3(9)2-10-4/h4-5,11-12,24,26H,3,6-10,13-21H2,1-2H3,(H,37,38);1-4H;1-2,9H. The fourth-order valence-electron chi connectivity index (χ4n) is 7.93. The first-order chi connectivity index (χ1) is 27.9. The number of nitriles is 1. The second-order valence-corrected chi connectivity index (χ2v) is 16.0. The number of aliphatic carboxylic acids is 1. The van der Waals surface area contributed by atoms with Gasteiger partial charge in [-0.1, -0.05) is 38.0 Å². The van der Waals surface area contributed by atoms with Gasteiger partial charge in [-0.2, -0.15) is 31.6 Å². The number of hydrogen-bond donors (Lipinski definition) is 2. The number of likely N-dealkylation sites (tertiary alicyclic amines) is 2. The van der Waals surface area contributed by atoms with Gasteiger partial charge in [-0.15, -0.1) is 11.3 Å². The zero-order chi connectivity index (χ0) is 43.4. The predicted molar refractivity (Wildman–Crippen MR) is 207 cm³/mol. The molecule has 2 amide bonds. The Balaban J connectivity index is 0.000000311. The monoisotopic (exact) mass is 852 g/mol.